The number of rotatable bonds is 2. The van der Waals surface area contributed by atoms with E-state index in [2.05, 4.69) is 0 Å². The van der Waals surface area contributed by atoms with Crippen molar-refractivity contribution in [3.05, 3.63) is 110 Å². The van der Waals surface area contributed by atoms with Crippen LogP contribution in [-0.2, 0) is 0 Å². The van der Waals surface area contributed by atoms with Gasteiger partial charge >= 0.3 is 0 Å². The third kappa shape index (κ3) is 2.82. The SMILES string of the molecule is Cc1cccc(N2C(=O)c3oc4ccc(F)cc4c(=O)c3C2c2cccc(Cl)c2)c1. The van der Waals surface area contributed by atoms with E-state index in [-0.39, 0.29) is 22.3 Å². The van der Waals surface area contributed by atoms with Crippen LogP contribution in [0.25, 0.3) is 11.0 Å². The summed E-state index contributed by atoms with van der Waals surface area (Å²) in [5.41, 5.74) is 2.18. The normalized spacial score (nSPS) is 15.6. The summed E-state index contributed by atoms with van der Waals surface area (Å²) in [7, 11) is 0. The van der Waals surface area contributed by atoms with E-state index < -0.39 is 23.2 Å². The molecule has 6 heteroatoms. The average molecular weight is 420 g/mol. The zero-order valence-corrected chi connectivity index (χ0v) is 16.6. The molecular weight excluding hydrogens is 405 g/mol. The first-order chi connectivity index (χ1) is 14.4. The summed E-state index contributed by atoms with van der Waals surface area (Å²) in [5, 5.41) is 0.577. The summed E-state index contributed by atoms with van der Waals surface area (Å²) in [6, 6.07) is 17.4. The van der Waals surface area contributed by atoms with Crippen molar-refractivity contribution in [1.29, 1.82) is 0 Å². The van der Waals surface area contributed by atoms with Crippen molar-refractivity contribution in [3.63, 3.8) is 0 Å². The van der Waals surface area contributed by atoms with Crippen LogP contribution in [0.2, 0.25) is 5.02 Å². The molecule has 1 aliphatic rings. The van der Waals surface area contributed by atoms with Crippen molar-refractivity contribution in [3.8, 4) is 0 Å². The lowest BCUT2D eigenvalue weighted by Gasteiger charge is -2.25. The van der Waals surface area contributed by atoms with Crippen molar-refractivity contribution in [2.45, 2.75) is 13.0 Å². The Hall–Kier alpha value is -3.44. The molecule has 1 amide bonds. The van der Waals surface area contributed by atoms with Crippen LogP contribution < -0.4 is 10.3 Å². The lowest BCUT2D eigenvalue weighted by molar-refractivity contribution is 0.0971. The van der Waals surface area contributed by atoms with Crippen LogP contribution >= 0.6 is 11.6 Å². The maximum absolute atomic E-state index is 13.8. The molecule has 3 aromatic carbocycles. The smallest absolute Gasteiger partial charge is 0.295 e. The Morgan fingerprint density at radius 3 is 2.57 bits per heavy atom. The Morgan fingerprint density at radius 1 is 1.00 bits per heavy atom. The van der Waals surface area contributed by atoms with Gasteiger partial charge in [0.2, 0.25) is 5.76 Å². The summed E-state index contributed by atoms with van der Waals surface area (Å²) in [6.07, 6.45) is 0. The highest BCUT2D eigenvalue weighted by Gasteiger charge is 2.43. The second kappa shape index (κ2) is 6.82. The molecule has 5 rings (SSSR count). The first-order valence-electron chi connectivity index (χ1n) is 9.36. The number of benzene rings is 3. The molecular formula is C24H15ClFNO3. The zero-order chi connectivity index (χ0) is 21.0. The molecule has 1 unspecified atom stereocenters. The van der Waals surface area contributed by atoms with E-state index in [1.165, 1.54) is 17.0 Å². The molecule has 0 saturated carbocycles. The van der Waals surface area contributed by atoms with Crippen molar-refractivity contribution in [2.24, 2.45) is 0 Å². The van der Waals surface area contributed by atoms with Gasteiger partial charge in [-0.15, -0.1) is 0 Å². The van der Waals surface area contributed by atoms with Crippen molar-refractivity contribution < 1.29 is 13.6 Å². The number of carbonyl (C=O) groups excluding carboxylic acids is 1. The highest BCUT2D eigenvalue weighted by atomic mass is 35.5. The van der Waals surface area contributed by atoms with E-state index >= 15 is 0 Å². The molecule has 2 heterocycles. The van der Waals surface area contributed by atoms with E-state index in [9.17, 15) is 14.0 Å². The van der Waals surface area contributed by atoms with E-state index in [4.69, 9.17) is 16.0 Å². The largest absolute Gasteiger partial charge is 0.450 e. The maximum atomic E-state index is 13.8. The molecule has 0 fully saturated rings. The highest BCUT2D eigenvalue weighted by Crippen LogP contribution is 2.41. The number of fused-ring (bicyclic) bond motifs is 2. The average Bonchev–Trinajstić information content (AvgIpc) is 3.01. The summed E-state index contributed by atoms with van der Waals surface area (Å²) in [4.78, 5) is 28.3. The first kappa shape index (κ1) is 18.6. The molecule has 148 valence electrons. The lowest BCUT2D eigenvalue weighted by Crippen LogP contribution is -2.29. The Bertz CT molecular complexity index is 1400. The monoisotopic (exact) mass is 419 g/mol. The van der Waals surface area contributed by atoms with Crippen molar-refractivity contribution in [1.82, 2.24) is 0 Å². The number of halogens is 2. The second-order valence-corrected chi connectivity index (χ2v) is 7.72. The van der Waals surface area contributed by atoms with E-state index in [1.807, 2.05) is 25.1 Å². The van der Waals surface area contributed by atoms with Gasteiger partial charge in [-0.3, -0.25) is 14.5 Å². The zero-order valence-electron chi connectivity index (χ0n) is 15.9. The molecule has 1 atom stereocenters. The van der Waals surface area contributed by atoms with Crippen LogP contribution in [0.5, 0.6) is 0 Å². The number of hydrogen-bond acceptors (Lipinski definition) is 3. The number of anilines is 1. The third-order valence-electron chi connectivity index (χ3n) is 5.28. The standard InChI is InChI=1S/C24H15ClFNO3/c1-13-4-2-7-17(10-13)27-21(14-5-3-6-15(25)11-14)20-22(28)18-12-16(26)8-9-19(18)30-23(20)24(27)29/h2-12,21H,1H3. The fraction of sp³-hybridized carbons (Fsp3) is 0.0833. The quantitative estimate of drug-likeness (QED) is 0.422. The summed E-state index contributed by atoms with van der Waals surface area (Å²) < 4.78 is 19.7. The minimum Gasteiger partial charge on any atom is -0.450 e. The molecule has 30 heavy (non-hydrogen) atoms. The minimum absolute atomic E-state index is 0.0365. The van der Waals surface area contributed by atoms with Crippen LogP contribution in [0.1, 0.15) is 33.3 Å². The van der Waals surface area contributed by atoms with Gasteiger partial charge in [0.25, 0.3) is 5.91 Å². The van der Waals surface area contributed by atoms with Crippen molar-refractivity contribution in [2.75, 3.05) is 4.90 Å². The van der Waals surface area contributed by atoms with Gasteiger partial charge in [0, 0.05) is 10.7 Å². The molecule has 1 aromatic heterocycles. The Morgan fingerprint density at radius 2 is 1.80 bits per heavy atom. The molecule has 0 radical (unpaired) electrons. The van der Waals surface area contributed by atoms with Crippen LogP contribution in [-0.4, -0.2) is 5.91 Å². The third-order valence-corrected chi connectivity index (χ3v) is 5.51. The van der Waals surface area contributed by atoms with Crippen LogP contribution in [0.3, 0.4) is 0 Å². The second-order valence-electron chi connectivity index (χ2n) is 7.29. The highest BCUT2D eigenvalue weighted by molar-refractivity contribution is 6.30. The molecule has 0 aliphatic carbocycles. The summed E-state index contributed by atoms with van der Waals surface area (Å²) >= 11 is 6.21. The number of hydrogen-bond donors (Lipinski definition) is 0. The Labute approximate surface area is 176 Å². The number of carbonyl (C=O) groups is 1. The topological polar surface area (TPSA) is 50.5 Å². The van der Waals surface area contributed by atoms with Crippen molar-refractivity contribution >= 4 is 34.2 Å². The number of amides is 1. The molecule has 4 nitrogen and oxygen atoms in total. The maximum Gasteiger partial charge on any atom is 0.295 e. The molecule has 4 aromatic rings. The Balaban J connectivity index is 1.84. The van der Waals surface area contributed by atoms with Gasteiger partial charge in [-0.05, 0) is 60.5 Å². The molecule has 0 spiro atoms. The predicted molar refractivity (Wildman–Crippen MR) is 114 cm³/mol. The van der Waals surface area contributed by atoms with Gasteiger partial charge in [-0.2, -0.15) is 0 Å². The van der Waals surface area contributed by atoms with Crippen LogP contribution in [0.4, 0.5) is 10.1 Å². The van der Waals surface area contributed by atoms with Gasteiger partial charge in [0.05, 0.1) is 17.0 Å². The van der Waals surface area contributed by atoms with Gasteiger partial charge in [-0.1, -0.05) is 35.9 Å². The summed E-state index contributed by atoms with van der Waals surface area (Å²) in [6.45, 7) is 1.92. The number of nitrogens with zero attached hydrogens (tertiary/aromatic N) is 1. The predicted octanol–water partition coefficient (Wildman–Crippen LogP) is 5.64. The van der Waals surface area contributed by atoms with Crippen LogP contribution in [0.15, 0.2) is 75.9 Å². The van der Waals surface area contributed by atoms with E-state index in [1.54, 1.807) is 30.3 Å². The Kier molecular flexibility index (Phi) is 4.22. The van der Waals surface area contributed by atoms with Gasteiger partial charge < -0.3 is 4.42 Å². The summed E-state index contributed by atoms with van der Waals surface area (Å²) in [5.74, 6) is -1.01. The van der Waals surface area contributed by atoms with Gasteiger partial charge in [0.1, 0.15) is 11.4 Å². The van der Waals surface area contributed by atoms with Crippen LogP contribution in [0, 0.1) is 12.7 Å². The van der Waals surface area contributed by atoms with Gasteiger partial charge in [0.15, 0.2) is 5.43 Å². The number of aryl methyl sites for hydroxylation is 1. The van der Waals surface area contributed by atoms with E-state index in [0.29, 0.717) is 16.3 Å². The molecule has 0 bridgehead atoms. The fourth-order valence-corrected chi connectivity index (χ4v) is 4.18. The van der Waals surface area contributed by atoms with Gasteiger partial charge in [-0.25, -0.2) is 4.39 Å². The van der Waals surface area contributed by atoms with E-state index in [0.717, 1.165) is 11.6 Å². The minimum atomic E-state index is -0.739. The fourth-order valence-electron chi connectivity index (χ4n) is 3.98. The molecule has 0 N–H and O–H groups in total. The first-order valence-corrected chi connectivity index (χ1v) is 9.74. The molecule has 1 aliphatic heterocycles. The lowest BCUT2D eigenvalue weighted by atomic mass is 9.98. The molecule has 0 saturated heterocycles.